The molecule has 1 aromatic carbocycles. The number of hydrogen-bond acceptors (Lipinski definition) is 3. The lowest BCUT2D eigenvalue weighted by Crippen LogP contribution is -2.31. The van der Waals surface area contributed by atoms with E-state index >= 15 is 0 Å². The van der Waals surface area contributed by atoms with Gasteiger partial charge in [0.25, 0.3) is 0 Å². The van der Waals surface area contributed by atoms with Crippen LogP contribution in [0.4, 0.5) is 4.39 Å². The molecule has 1 heterocycles. The first-order valence-electron chi connectivity index (χ1n) is 5.60. The molecule has 1 atom stereocenters. The molecule has 0 bridgehead atoms. The number of nitrogens with two attached hydrogens (primary N) is 1. The Labute approximate surface area is 123 Å². The summed E-state index contributed by atoms with van der Waals surface area (Å²) in [4.78, 5) is 0. The summed E-state index contributed by atoms with van der Waals surface area (Å²) >= 11 is 9.46. The highest BCUT2D eigenvalue weighted by Crippen LogP contribution is 2.27. The summed E-state index contributed by atoms with van der Waals surface area (Å²) in [6.07, 6.45) is 2.24. The highest BCUT2D eigenvalue weighted by molar-refractivity contribution is 9.10. The molecule has 0 saturated heterocycles. The maximum atomic E-state index is 13.0. The molecule has 7 heteroatoms. The molecule has 19 heavy (non-hydrogen) atoms. The Balaban J connectivity index is 2.29. The molecule has 2 rings (SSSR count). The lowest BCUT2D eigenvalue weighted by molar-refractivity contribution is 0.506. The minimum absolute atomic E-state index is 0.176. The van der Waals surface area contributed by atoms with Gasteiger partial charge in [-0.15, -0.1) is 0 Å². The van der Waals surface area contributed by atoms with Gasteiger partial charge in [0.05, 0.1) is 22.4 Å². The van der Waals surface area contributed by atoms with E-state index in [1.165, 1.54) is 12.1 Å². The van der Waals surface area contributed by atoms with Gasteiger partial charge in [0, 0.05) is 12.1 Å². The lowest BCUT2D eigenvalue weighted by atomic mass is 10.0. The molecular weight excluding hydrogens is 335 g/mol. The molecule has 0 aliphatic rings. The predicted octanol–water partition coefficient (Wildman–Crippen LogP) is 2.72. The number of hydrogen-bond donors (Lipinski definition) is 2. The van der Waals surface area contributed by atoms with Gasteiger partial charge in [0.2, 0.25) is 0 Å². The summed E-state index contributed by atoms with van der Waals surface area (Å²) in [5.41, 5.74) is 4.46. The molecule has 0 fully saturated rings. The van der Waals surface area contributed by atoms with Crippen molar-refractivity contribution in [1.29, 1.82) is 0 Å². The Morgan fingerprint density at radius 2 is 2.32 bits per heavy atom. The molecule has 3 N–H and O–H groups in total. The highest BCUT2D eigenvalue weighted by Gasteiger charge is 2.19. The Bertz CT molecular complexity index is 568. The molecule has 102 valence electrons. The van der Waals surface area contributed by atoms with E-state index in [2.05, 4.69) is 26.5 Å². The number of aromatic nitrogens is 2. The summed E-state index contributed by atoms with van der Waals surface area (Å²) < 4.78 is 15.6. The minimum atomic E-state index is -0.354. The van der Waals surface area contributed by atoms with Crippen molar-refractivity contribution < 1.29 is 4.39 Å². The number of hydrazine groups is 1. The molecule has 0 aliphatic heterocycles. The van der Waals surface area contributed by atoms with Gasteiger partial charge in [-0.3, -0.25) is 16.0 Å². The second kappa shape index (κ2) is 6.00. The fourth-order valence-corrected chi connectivity index (χ4v) is 2.82. The second-order valence-corrected chi connectivity index (χ2v) is 5.42. The van der Waals surface area contributed by atoms with Crippen molar-refractivity contribution in [2.75, 3.05) is 0 Å². The van der Waals surface area contributed by atoms with Crippen LogP contribution in [0.2, 0.25) is 5.02 Å². The lowest BCUT2D eigenvalue weighted by Gasteiger charge is -2.18. The van der Waals surface area contributed by atoms with Crippen molar-refractivity contribution in [3.8, 4) is 0 Å². The maximum Gasteiger partial charge on any atom is 0.124 e. The van der Waals surface area contributed by atoms with Crippen molar-refractivity contribution in [3.05, 3.63) is 51.0 Å². The smallest absolute Gasteiger partial charge is 0.124 e. The monoisotopic (exact) mass is 346 g/mol. The second-order valence-electron chi connectivity index (χ2n) is 4.16. The van der Waals surface area contributed by atoms with E-state index in [4.69, 9.17) is 17.4 Å². The van der Waals surface area contributed by atoms with Crippen LogP contribution in [0.15, 0.2) is 28.9 Å². The normalized spacial score (nSPS) is 12.7. The third-order valence-electron chi connectivity index (χ3n) is 2.91. The number of nitrogens with zero attached hydrogens (tertiary/aromatic N) is 2. The van der Waals surface area contributed by atoms with Crippen molar-refractivity contribution in [1.82, 2.24) is 15.2 Å². The molecule has 0 spiro atoms. The first-order chi connectivity index (χ1) is 9.02. The maximum absolute atomic E-state index is 13.0. The molecule has 2 aromatic rings. The zero-order chi connectivity index (χ0) is 14.0. The fourth-order valence-electron chi connectivity index (χ4n) is 1.95. The molecule has 4 nitrogen and oxygen atoms in total. The largest absolute Gasteiger partial charge is 0.271 e. The topological polar surface area (TPSA) is 55.9 Å². The van der Waals surface area contributed by atoms with Crippen LogP contribution in [0, 0.1) is 5.82 Å². The number of benzene rings is 1. The van der Waals surface area contributed by atoms with Gasteiger partial charge in [0.1, 0.15) is 5.82 Å². The SMILES string of the molecule is Cn1ncc(Br)c1C(Cc1ccc(F)cc1Cl)NN. The summed E-state index contributed by atoms with van der Waals surface area (Å²) in [5, 5.41) is 4.53. The number of rotatable bonds is 4. The quantitative estimate of drug-likeness (QED) is 0.660. The van der Waals surface area contributed by atoms with Crippen LogP contribution in [0.1, 0.15) is 17.3 Å². The van der Waals surface area contributed by atoms with E-state index in [9.17, 15) is 4.39 Å². The van der Waals surface area contributed by atoms with Gasteiger partial charge >= 0.3 is 0 Å². The van der Waals surface area contributed by atoms with Gasteiger partial charge in [0.15, 0.2) is 0 Å². The Morgan fingerprint density at radius 1 is 1.58 bits per heavy atom. The molecule has 1 aromatic heterocycles. The van der Waals surface area contributed by atoms with E-state index in [-0.39, 0.29) is 11.9 Å². The zero-order valence-corrected chi connectivity index (χ0v) is 12.5. The van der Waals surface area contributed by atoms with E-state index < -0.39 is 0 Å². The molecule has 0 aliphatic carbocycles. The fraction of sp³-hybridized carbons (Fsp3) is 0.250. The first-order valence-corrected chi connectivity index (χ1v) is 6.77. The summed E-state index contributed by atoms with van der Waals surface area (Å²) in [6, 6.07) is 4.16. The zero-order valence-electron chi connectivity index (χ0n) is 10.2. The summed E-state index contributed by atoms with van der Waals surface area (Å²) in [5.74, 6) is 5.25. The van der Waals surface area contributed by atoms with Crippen molar-refractivity contribution in [2.45, 2.75) is 12.5 Å². The summed E-state index contributed by atoms with van der Waals surface area (Å²) in [6.45, 7) is 0. The minimum Gasteiger partial charge on any atom is -0.271 e. The van der Waals surface area contributed by atoms with Gasteiger partial charge in [-0.2, -0.15) is 5.10 Å². The van der Waals surface area contributed by atoms with Crippen molar-refractivity contribution in [3.63, 3.8) is 0 Å². The average Bonchev–Trinajstić information content (AvgIpc) is 2.69. The van der Waals surface area contributed by atoms with Gasteiger partial charge in [-0.25, -0.2) is 4.39 Å². The number of nitrogens with one attached hydrogen (secondary N) is 1. The van der Waals surface area contributed by atoms with Crippen LogP contribution in [-0.2, 0) is 13.5 Å². The Hall–Kier alpha value is -0.950. The predicted molar refractivity (Wildman–Crippen MR) is 76.1 cm³/mol. The van der Waals surface area contributed by atoms with Crippen molar-refractivity contribution in [2.24, 2.45) is 12.9 Å². The van der Waals surface area contributed by atoms with E-state index in [1.807, 2.05) is 7.05 Å². The first kappa shape index (κ1) is 14.5. The van der Waals surface area contributed by atoms with Crippen LogP contribution >= 0.6 is 27.5 Å². The van der Waals surface area contributed by atoms with E-state index in [0.29, 0.717) is 11.4 Å². The van der Waals surface area contributed by atoms with Gasteiger partial charge < -0.3 is 0 Å². The number of aryl methyl sites for hydroxylation is 1. The average molecular weight is 348 g/mol. The van der Waals surface area contributed by atoms with Crippen LogP contribution < -0.4 is 11.3 Å². The van der Waals surface area contributed by atoms with Crippen LogP contribution in [0.5, 0.6) is 0 Å². The van der Waals surface area contributed by atoms with E-state index in [1.54, 1.807) is 16.9 Å². The Kier molecular flexibility index (Phi) is 4.57. The van der Waals surface area contributed by atoms with Gasteiger partial charge in [-0.1, -0.05) is 17.7 Å². The number of halogens is 3. The molecular formula is C12H13BrClFN4. The molecule has 0 amide bonds. The van der Waals surface area contributed by atoms with Crippen LogP contribution in [0.25, 0.3) is 0 Å². The van der Waals surface area contributed by atoms with Crippen LogP contribution in [-0.4, -0.2) is 9.78 Å². The molecule has 1 unspecified atom stereocenters. The van der Waals surface area contributed by atoms with Crippen LogP contribution in [0.3, 0.4) is 0 Å². The van der Waals surface area contributed by atoms with Crippen molar-refractivity contribution >= 4 is 27.5 Å². The molecule has 0 radical (unpaired) electrons. The highest BCUT2D eigenvalue weighted by atomic mass is 79.9. The summed E-state index contributed by atoms with van der Waals surface area (Å²) in [7, 11) is 1.83. The van der Waals surface area contributed by atoms with Gasteiger partial charge in [-0.05, 0) is 40.0 Å². The standard InChI is InChI=1S/C12H13BrClFN4/c1-19-12(9(13)6-17-19)11(18-16)4-7-2-3-8(15)5-10(7)14/h2-3,5-6,11,18H,4,16H2,1H3. The Morgan fingerprint density at radius 3 is 2.84 bits per heavy atom. The third kappa shape index (κ3) is 3.14. The third-order valence-corrected chi connectivity index (χ3v) is 3.87. The molecule has 0 saturated carbocycles. The van der Waals surface area contributed by atoms with E-state index in [0.717, 1.165) is 15.7 Å².